The van der Waals surface area contributed by atoms with Gasteiger partial charge < -0.3 is 19.4 Å². The molecule has 0 heterocycles. The van der Waals surface area contributed by atoms with Gasteiger partial charge in [-0.1, -0.05) is 57.6 Å². The molecule has 0 saturated heterocycles. The number of carboxylic acids is 1. The van der Waals surface area contributed by atoms with E-state index in [1.165, 1.54) is 0 Å². The number of quaternary nitrogens is 1. The van der Waals surface area contributed by atoms with Crippen molar-refractivity contribution in [3.8, 4) is 0 Å². The molecule has 0 aromatic heterocycles. The Bertz CT molecular complexity index is 470. The number of esters is 1. The number of hydrogen-bond acceptors (Lipinski definition) is 4. The highest BCUT2D eigenvalue weighted by Gasteiger charge is 2.24. The van der Waals surface area contributed by atoms with E-state index in [0.29, 0.717) is 17.4 Å². The van der Waals surface area contributed by atoms with Crippen LogP contribution < -0.4 is 0 Å². The predicted molar refractivity (Wildman–Crippen MR) is 117 cm³/mol. The fourth-order valence-electron chi connectivity index (χ4n) is 3.20. The summed E-state index contributed by atoms with van der Waals surface area (Å²) in [6.45, 7) is 2.62. The molecule has 0 aromatic rings. The van der Waals surface area contributed by atoms with Crippen LogP contribution in [0.3, 0.4) is 0 Å². The Balaban J connectivity index is 3.77. The molecule has 2 unspecified atom stereocenters. The van der Waals surface area contributed by atoms with Crippen LogP contribution >= 0.6 is 0 Å². The molecule has 0 fully saturated rings. The summed E-state index contributed by atoms with van der Waals surface area (Å²) in [6, 6.07) is 0. The number of carboxylic acid groups (broad SMARTS) is 1. The second-order valence-corrected chi connectivity index (χ2v) is 8.98. The second-order valence-electron chi connectivity index (χ2n) is 8.98. The number of allylic oxidation sites excluding steroid dienone is 1. The Morgan fingerprint density at radius 3 is 2.21 bits per heavy atom. The first kappa shape index (κ1) is 27.6. The van der Waals surface area contributed by atoms with Crippen molar-refractivity contribution < 1.29 is 29.0 Å². The van der Waals surface area contributed by atoms with Crippen molar-refractivity contribution in [2.75, 3.05) is 27.7 Å². The third kappa shape index (κ3) is 19.7. The lowest BCUT2D eigenvalue weighted by molar-refractivity contribution is -0.873. The first-order valence-electron chi connectivity index (χ1n) is 11.2. The summed E-state index contributed by atoms with van der Waals surface area (Å²) in [7, 11) is 5.85. The number of nitrogens with zero attached hydrogens (tertiary/aromatic N) is 1. The molecular formula is C23H44NO5+. The maximum absolute atomic E-state index is 12.0. The molecule has 0 amide bonds. The standard InChI is InChI=1S/C23H43NO5/c1-5-6-15-20(25)16-13-11-9-7-8-10-12-14-17-23(28)29-21(18-22(26)27)19-24(2,3)4/h13,16,20-21,25H,5-12,14-15,17-19H2,1-4H3/p+1/b16-13+. The highest BCUT2D eigenvalue weighted by molar-refractivity contribution is 5.71. The van der Waals surface area contributed by atoms with Gasteiger partial charge >= 0.3 is 11.9 Å². The van der Waals surface area contributed by atoms with Gasteiger partial charge in [-0.25, -0.2) is 0 Å². The third-order valence-electron chi connectivity index (χ3n) is 4.67. The normalized spacial score (nSPS) is 14.1. The smallest absolute Gasteiger partial charge is 0.307 e. The van der Waals surface area contributed by atoms with Crippen molar-refractivity contribution in [3.05, 3.63) is 12.2 Å². The molecule has 0 aliphatic rings. The summed E-state index contributed by atoms with van der Waals surface area (Å²) < 4.78 is 5.94. The minimum absolute atomic E-state index is 0.147. The van der Waals surface area contributed by atoms with E-state index in [4.69, 9.17) is 9.84 Å². The quantitative estimate of drug-likeness (QED) is 0.151. The summed E-state index contributed by atoms with van der Waals surface area (Å²) in [6.07, 6.45) is 13.6. The molecule has 0 radical (unpaired) electrons. The van der Waals surface area contributed by atoms with Crippen molar-refractivity contribution in [2.24, 2.45) is 0 Å². The van der Waals surface area contributed by atoms with Gasteiger partial charge in [0.25, 0.3) is 0 Å². The molecule has 0 aliphatic carbocycles. The zero-order valence-electron chi connectivity index (χ0n) is 19.1. The van der Waals surface area contributed by atoms with Crippen molar-refractivity contribution in [3.63, 3.8) is 0 Å². The average Bonchev–Trinajstić information content (AvgIpc) is 2.59. The van der Waals surface area contributed by atoms with Crippen LogP contribution in [-0.4, -0.2) is 66.5 Å². The van der Waals surface area contributed by atoms with Crippen LogP contribution in [0.15, 0.2) is 12.2 Å². The van der Waals surface area contributed by atoms with Crippen molar-refractivity contribution >= 4 is 11.9 Å². The van der Waals surface area contributed by atoms with Crippen LogP contribution in [0.1, 0.15) is 84.0 Å². The summed E-state index contributed by atoms with van der Waals surface area (Å²) in [5.74, 6) is -1.24. The van der Waals surface area contributed by atoms with E-state index in [1.807, 2.05) is 27.2 Å². The van der Waals surface area contributed by atoms with Gasteiger partial charge in [0.1, 0.15) is 6.54 Å². The van der Waals surface area contributed by atoms with Gasteiger partial charge in [-0.2, -0.15) is 0 Å². The fourth-order valence-corrected chi connectivity index (χ4v) is 3.20. The number of rotatable bonds is 18. The number of likely N-dealkylation sites (N-methyl/N-ethyl adjacent to an activating group) is 1. The number of carbonyl (C=O) groups excluding carboxylic acids is 1. The lowest BCUT2D eigenvalue weighted by Crippen LogP contribution is -2.43. The molecule has 170 valence electrons. The van der Waals surface area contributed by atoms with Gasteiger partial charge in [0.15, 0.2) is 6.10 Å². The lowest BCUT2D eigenvalue weighted by atomic mass is 10.1. The molecule has 2 atom stereocenters. The van der Waals surface area contributed by atoms with Gasteiger partial charge in [0, 0.05) is 6.42 Å². The van der Waals surface area contributed by atoms with Gasteiger partial charge in [-0.15, -0.1) is 0 Å². The Labute approximate surface area is 177 Å². The summed E-state index contributed by atoms with van der Waals surface area (Å²) in [5, 5.41) is 18.7. The lowest BCUT2D eigenvalue weighted by Gasteiger charge is -2.28. The van der Waals surface area contributed by atoms with Crippen molar-refractivity contribution in [2.45, 2.75) is 96.2 Å². The minimum Gasteiger partial charge on any atom is -0.481 e. The van der Waals surface area contributed by atoms with Crippen molar-refractivity contribution in [1.82, 2.24) is 0 Å². The number of ether oxygens (including phenoxy) is 1. The number of carbonyl (C=O) groups is 2. The molecule has 2 N–H and O–H groups in total. The number of aliphatic carboxylic acids is 1. The minimum atomic E-state index is -0.943. The number of aliphatic hydroxyl groups excluding tert-OH is 1. The summed E-state index contributed by atoms with van der Waals surface area (Å²) >= 11 is 0. The largest absolute Gasteiger partial charge is 0.481 e. The predicted octanol–water partition coefficient (Wildman–Crippen LogP) is 4.31. The Morgan fingerprint density at radius 1 is 1.00 bits per heavy atom. The topological polar surface area (TPSA) is 83.8 Å². The molecule has 0 spiro atoms. The number of hydrogen-bond donors (Lipinski definition) is 2. The molecule has 0 rings (SSSR count). The Hall–Kier alpha value is -1.40. The van der Waals surface area contributed by atoms with E-state index in [0.717, 1.165) is 64.2 Å². The monoisotopic (exact) mass is 414 g/mol. The van der Waals surface area contributed by atoms with E-state index in [9.17, 15) is 14.7 Å². The second kappa shape index (κ2) is 16.4. The SMILES string of the molecule is CCCCC(O)/C=C/CCCCCCCCC(=O)OC(CC(=O)O)C[N+](C)(C)C. The summed E-state index contributed by atoms with van der Waals surface area (Å²) in [4.78, 5) is 23.0. The average molecular weight is 415 g/mol. The number of aliphatic hydroxyl groups is 1. The molecule has 0 aliphatic heterocycles. The maximum Gasteiger partial charge on any atom is 0.307 e. The fraction of sp³-hybridized carbons (Fsp3) is 0.826. The third-order valence-corrected chi connectivity index (χ3v) is 4.67. The van der Waals surface area contributed by atoms with Gasteiger partial charge in [0.2, 0.25) is 0 Å². The van der Waals surface area contributed by atoms with E-state index >= 15 is 0 Å². The molecule has 6 heteroatoms. The molecule has 6 nitrogen and oxygen atoms in total. The van der Waals surface area contributed by atoms with Crippen LogP contribution in [0, 0.1) is 0 Å². The van der Waals surface area contributed by atoms with Crippen LogP contribution in [-0.2, 0) is 14.3 Å². The number of unbranched alkanes of at least 4 members (excludes halogenated alkanes) is 7. The first-order valence-corrected chi connectivity index (χ1v) is 11.2. The van der Waals surface area contributed by atoms with Crippen LogP contribution in [0.2, 0.25) is 0 Å². The van der Waals surface area contributed by atoms with Crippen molar-refractivity contribution in [1.29, 1.82) is 0 Å². The Morgan fingerprint density at radius 2 is 1.62 bits per heavy atom. The van der Waals surface area contributed by atoms with E-state index in [2.05, 4.69) is 13.0 Å². The summed E-state index contributed by atoms with van der Waals surface area (Å²) in [5.41, 5.74) is 0. The zero-order valence-corrected chi connectivity index (χ0v) is 19.1. The molecule has 0 saturated carbocycles. The highest BCUT2D eigenvalue weighted by atomic mass is 16.5. The molecule has 0 bridgehead atoms. The molecule has 29 heavy (non-hydrogen) atoms. The van der Waals surface area contributed by atoms with E-state index in [1.54, 1.807) is 0 Å². The van der Waals surface area contributed by atoms with Crippen LogP contribution in [0.25, 0.3) is 0 Å². The zero-order chi connectivity index (χ0) is 22.1. The molecular weight excluding hydrogens is 370 g/mol. The van der Waals surface area contributed by atoms with Crippen LogP contribution in [0.4, 0.5) is 0 Å². The Kier molecular flexibility index (Phi) is 15.6. The van der Waals surface area contributed by atoms with Crippen LogP contribution in [0.5, 0.6) is 0 Å². The van der Waals surface area contributed by atoms with Gasteiger partial charge in [-0.3, -0.25) is 9.59 Å². The van der Waals surface area contributed by atoms with E-state index in [-0.39, 0.29) is 18.5 Å². The van der Waals surface area contributed by atoms with Gasteiger partial charge in [0.05, 0.1) is 33.7 Å². The van der Waals surface area contributed by atoms with Gasteiger partial charge in [-0.05, 0) is 25.7 Å². The first-order chi connectivity index (χ1) is 13.6. The van der Waals surface area contributed by atoms with E-state index < -0.39 is 12.1 Å². The highest BCUT2D eigenvalue weighted by Crippen LogP contribution is 2.12. The molecule has 0 aromatic carbocycles. The maximum atomic E-state index is 12.0.